The van der Waals surface area contributed by atoms with Crippen molar-refractivity contribution in [1.29, 1.82) is 0 Å². The van der Waals surface area contributed by atoms with E-state index in [9.17, 15) is 4.79 Å². The molecule has 2 fully saturated rings. The first-order chi connectivity index (χ1) is 12.2. The van der Waals surface area contributed by atoms with Crippen molar-refractivity contribution < 1.29 is 4.79 Å². The van der Waals surface area contributed by atoms with Crippen LogP contribution >= 0.6 is 0 Å². The van der Waals surface area contributed by atoms with Crippen molar-refractivity contribution in [1.82, 2.24) is 15.1 Å². The third-order valence-corrected chi connectivity index (χ3v) is 5.82. The summed E-state index contributed by atoms with van der Waals surface area (Å²) in [5, 5.41) is 3.33. The first-order valence-corrected chi connectivity index (χ1v) is 9.99. The predicted octanol–water partition coefficient (Wildman–Crippen LogP) is 2.68. The summed E-state index contributed by atoms with van der Waals surface area (Å²) in [4.78, 5) is 17.4. The van der Waals surface area contributed by atoms with Crippen LogP contribution in [0.15, 0.2) is 30.3 Å². The molecule has 1 N–H and O–H groups in total. The molecule has 2 aliphatic heterocycles. The fourth-order valence-electron chi connectivity index (χ4n) is 4.11. The minimum absolute atomic E-state index is 0.0820. The Hall–Kier alpha value is -1.39. The molecule has 2 heterocycles. The quantitative estimate of drug-likeness (QED) is 0.893. The van der Waals surface area contributed by atoms with Gasteiger partial charge in [-0.05, 0) is 51.3 Å². The van der Waals surface area contributed by atoms with Gasteiger partial charge < -0.3 is 10.2 Å². The van der Waals surface area contributed by atoms with Gasteiger partial charge in [0.2, 0.25) is 5.91 Å². The Morgan fingerprint density at radius 2 is 1.80 bits per heavy atom. The number of nitrogens with one attached hydrogen (secondary N) is 1. The molecule has 0 aromatic heterocycles. The Morgan fingerprint density at radius 1 is 1.04 bits per heavy atom. The van der Waals surface area contributed by atoms with Crippen LogP contribution in [-0.2, 0) is 11.2 Å². The molecule has 4 heteroatoms. The number of hydrogen-bond acceptors (Lipinski definition) is 3. The highest BCUT2D eigenvalue weighted by molar-refractivity contribution is 5.82. The third-order valence-electron chi connectivity index (χ3n) is 5.82. The highest BCUT2D eigenvalue weighted by Crippen LogP contribution is 2.17. The average Bonchev–Trinajstić information content (AvgIpc) is 2.86. The molecular weight excluding hydrogens is 310 g/mol. The van der Waals surface area contributed by atoms with E-state index in [1.54, 1.807) is 0 Å². The lowest BCUT2D eigenvalue weighted by molar-refractivity contribution is -0.127. The zero-order valence-corrected chi connectivity index (χ0v) is 15.6. The zero-order valence-electron chi connectivity index (χ0n) is 15.6. The van der Waals surface area contributed by atoms with Crippen LogP contribution in [0.2, 0.25) is 0 Å². The van der Waals surface area contributed by atoms with Crippen molar-refractivity contribution in [3.05, 3.63) is 35.9 Å². The first kappa shape index (κ1) is 18.4. The molecule has 0 bridgehead atoms. The molecule has 1 amide bonds. The summed E-state index contributed by atoms with van der Waals surface area (Å²) in [5.41, 5.74) is 1.41. The van der Waals surface area contributed by atoms with Crippen molar-refractivity contribution in [3.63, 3.8) is 0 Å². The van der Waals surface area contributed by atoms with Crippen molar-refractivity contribution in [2.24, 2.45) is 0 Å². The maximum atomic E-state index is 12.7. The van der Waals surface area contributed by atoms with Gasteiger partial charge >= 0.3 is 0 Å². The van der Waals surface area contributed by atoms with Crippen LogP contribution in [0.25, 0.3) is 0 Å². The molecule has 2 aliphatic rings. The Kier molecular flexibility index (Phi) is 6.88. The van der Waals surface area contributed by atoms with E-state index in [1.165, 1.54) is 24.8 Å². The molecule has 138 valence electrons. The van der Waals surface area contributed by atoms with Gasteiger partial charge in [0.15, 0.2) is 0 Å². The van der Waals surface area contributed by atoms with E-state index in [-0.39, 0.29) is 11.9 Å². The highest BCUT2D eigenvalue weighted by atomic mass is 16.2. The number of likely N-dealkylation sites (N-methyl/N-ethyl adjacent to an activating group) is 1. The van der Waals surface area contributed by atoms with Crippen LogP contribution in [0.3, 0.4) is 0 Å². The van der Waals surface area contributed by atoms with Crippen LogP contribution in [-0.4, -0.2) is 61.0 Å². The fourth-order valence-corrected chi connectivity index (χ4v) is 4.11. The van der Waals surface area contributed by atoms with E-state index in [1.807, 2.05) is 0 Å². The topological polar surface area (TPSA) is 35.6 Å². The van der Waals surface area contributed by atoms with Gasteiger partial charge in [-0.2, -0.15) is 0 Å². The SMILES string of the molecule is CN1CCCCCC1C(=O)NC1CCN(CCc2ccccc2)CC1. The number of likely N-dealkylation sites (tertiary alicyclic amines) is 2. The van der Waals surface area contributed by atoms with Crippen molar-refractivity contribution in [2.75, 3.05) is 33.2 Å². The van der Waals surface area contributed by atoms with Crippen LogP contribution in [0, 0.1) is 0 Å². The predicted molar refractivity (Wildman–Crippen MR) is 103 cm³/mol. The zero-order chi connectivity index (χ0) is 17.5. The Labute approximate surface area is 152 Å². The molecule has 1 aromatic rings. The monoisotopic (exact) mass is 343 g/mol. The smallest absolute Gasteiger partial charge is 0.237 e. The number of nitrogens with zero attached hydrogens (tertiary/aromatic N) is 2. The van der Waals surface area contributed by atoms with Crippen molar-refractivity contribution in [2.45, 2.75) is 57.0 Å². The number of hydrogen-bond donors (Lipinski definition) is 1. The number of amides is 1. The minimum Gasteiger partial charge on any atom is -0.352 e. The third kappa shape index (κ3) is 5.55. The van der Waals surface area contributed by atoms with Crippen LogP contribution in [0.4, 0.5) is 0 Å². The number of rotatable bonds is 5. The molecular formula is C21H33N3O. The average molecular weight is 344 g/mol. The van der Waals surface area contributed by atoms with Crippen LogP contribution in [0.1, 0.15) is 44.1 Å². The Bertz CT molecular complexity index is 525. The van der Waals surface area contributed by atoms with Gasteiger partial charge in [0.05, 0.1) is 6.04 Å². The lowest BCUT2D eigenvalue weighted by Gasteiger charge is -2.34. The van der Waals surface area contributed by atoms with Gasteiger partial charge in [-0.25, -0.2) is 0 Å². The van der Waals surface area contributed by atoms with Gasteiger partial charge in [0.25, 0.3) is 0 Å². The number of benzene rings is 1. The van der Waals surface area contributed by atoms with E-state index in [2.05, 4.69) is 52.5 Å². The van der Waals surface area contributed by atoms with Gasteiger partial charge in [-0.1, -0.05) is 43.2 Å². The molecule has 0 radical (unpaired) electrons. The normalized spacial score (nSPS) is 24.0. The summed E-state index contributed by atoms with van der Waals surface area (Å²) < 4.78 is 0. The van der Waals surface area contributed by atoms with Gasteiger partial charge in [-0.15, -0.1) is 0 Å². The molecule has 4 nitrogen and oxygen atoms in total. The van der Waals surface area contributed by atoms with E-state index >= 15 is 0 Å². The molecule has 2 saturated heterocycles. The number of carbonyl (C=O) groups excluding carboxylic acids is 1. The van der Waals surface area contributed by atoms with E-state index < -0.39 is 0 Å². The standard InChI is InChI=1S/C21H33N3O/c1-23-14-7-3-6-10-20(23)21(25)22-19-12-16-24(17-13-19)15-11-18-8-4-2-5-9-18/h2,4-5,8-9,19-20H,3,6-7,10-17H2,1H3,(H,22,25). The molecule has 1 atom stereocenters. The Balaban J connectivity index is 1.39. The number of carbonyl (C=O) groups is 1. The molecule has 1 aromatic carbocycles. The second kappa shape index (κ2) is 9.35. The van der Waals surface area contributed by atoms with Crippen LogP contribution in [0.5, 0.6) is 0 Å². The van der Waals surface area contributed by atoms with E-state index in [0.717, 1.165) is 51.9 Å². The highest BCUT2D eigenvalue weighted by Gasteiger charge is 2.27. The minimum atomic E-state index is 0.0820. The Morgan fingerprint density at radius 3 is 2.56 bits per heavy atom. The van der Waals surface area contributed by atoms with Gasteiger partial charge in [0, 0.05) is 25.7 Å². The van der Waals surface area contributed by atoms with Gasteiger partial charge in [0.1, 0.15) is 0 Å². The summed E-state index contributed by atoms with van der Waals surface area (Å²) in [7, 11) is 2.10. The summed E-state index contributed by atoms with van der Waals surface area (Å²) in [6, 6.07) is 11.1. The molecule has 25 heavy (non-hydrogen) atoms. The maximum Gasteiger partial charge on any atom is 0.237 e. The number of piperidine rings is 1. The lowest BCUT2D eigenvalue weighted by Crippen LogP contribution is -2.51. The van der Waals surface area contributed by atoms with Crippen molar-refractivity contribution in [3.8, 4) is 0 Å². The fraction of sp³-hybridized carbons (Fsp3) is 0.667. The van der Waals surface area contributed by atoms with Crippen LogP contribution < -0.4 is 5.32 Å². The summed E-state index contributed by atoms with van der Waals surface area (Å²) >= 11 is 0. The first-order valence-electron chi connectivity index (χ1n) is 9.99. The maximum absolute atomic E-state index is 12.7. The second-order valence-corrected chi connectivity index (χ2v) is 7.71. The molecule has 0 aliphatic carbocycles. The summed E-state index contributed by atoms with van der Waals surface area (Å²) in [6.07, 6.45) is 7.95. The molecule has 0 saturated carbocycles. The van der Waals surface area contributed by atoms with E-state index in [4.69, 9.17) is 0 Å². The molecule has 3 rings (SSSR count). The summed E-state index contributed by atoms with van der Waals surface area (Å²) in [5.74, 6) is 0.257. The van der Waals surface area contributed by atoms with Crippen molar-refractivity contribution >= 4 is 5.91 Å². The largest absolute Gasteiger partial charge is 0.352 e. The van der Waals surface area contributed by atoms with E-state index in [0.29, 0.717) is 6.04 Å². The molecule has 1 unspecified atom stereocenters. The summed E-state index contributed by atoms with van der Waals surface area (Å²) in [6.45, 7) is 4.36. The van der Waals surface area contributed by atoms with Gasteiger partial charge in [-0.3, -0.25) is 9.69 Å². The molecule has 0 spiro atoms. The lowest BCUT2D eigenvalue weighted by atomic mass is 10.0. The second-order valence-electron chi connectivity index (χ2n) is 7.71.